The van der Waals surface area contributed by atoms with Crippen LogP contribution in [0.1, 0.15) is 11.1 Å². The van der Waals surface area contributed by atoms with Crippen LogP contribution in [0.25, 0.3) is 0 Å². The molecule has 0 atom stereocenters. The molecule has 1 aromatic rings. The number of carbonyl (C=O) groups is 3. The van der Waals surface area contributed by atoms with Crippen molar-refractivity contribution >= 4 is 23.5 Å². The Kier molecular flexibility index (Phi) is 7.21. The Morgan fingerprint density at radius 1 is 1.13 bits per heavy atom. The van der Waals surface area contributed by atoms with Gasteiger partial charge < -0.3 is 15.4 Å². The molecule has 0 aliphatic carbocycles. The number of nitrogens with one attached hydrogen (secondary N) is 2. The number of nitrogens with zero attached hydrogens (tertiary/aromatic N) is 1. The summed E-state index contributed by atoms with van der Waals surface area (Å²) >= 11 is 0. The number of benzene rings is 1. The lowest BCUT2D eigenvalue weighted by Gasteiger charge is -2.16. The number of likely N-dealkylation sites (N-methyl/N-ethyl adjacent to an activating group) is 1. The molecule has 23 heavy (non-hydrogen) atoms. The molecular weight excluding hydrogens is 298 g/mol. The highest BCUT2D eigenvalue weighted by Gasteiger charge is 2.12. The number of carbonyl (C=O) groups excluding carboxylic acids is 3. The Balaban J connectivity index is 2.43. The van der Waals surface area contributed by atoms with Crippen LogP contribution in [-0.2, 0) is 19.1 Å². The lowest BCUT2D eigenvalue weighted by atomic mass is 10.1. The lowest BCUT2D eigenvalue weighted by Crippen LogP contribution is -2.40. The molecule has 0 aromatic heterocycles. The van der Waals surface area contributed by atoms with Crippen molar-refractivity contribution in [2.24, 2.45) is 0 Å². The van der Waals surface area contributed by atoms with E-state index in [1.165, 1.54) is 7.11 Å². The molecule has 1 aromatic carbocycles. The maximum atomic E-state index is 12.0. The molecule has 0 heterocycles. The standard InChI is InChI=1S/C16H23N3O4/c1-11-6-5-7-13(12(11)2)18-15(21)10-19(3)9-14(20)17-8-16(22)23-4/h5-7H,8-10H2,1-4H3,(H,17,20)(H,18,21). The van der Waals surface area contributed by atoms with Crippen molar-refractivity contribution in [2.75, 3.05) is 39.1 Å². The second kappa shape index (κ2) is 8.89. The maximum absolute atomic E-state index is 12.0. The van der Waals surface area contributed by atoms with E-state index in [0.29, 0.717) is 0 Å². The third-order valence-corrected chi connectivity index (χ3v) is 3.36. The predicted molar refractivity (Wildman–Crippen MR) is 87.1 cm³/mol. The van der Waals surface area contributed by atoms with Gasteiger partial charge in [0.15, 0.2) is 0 Å². The van der Waals surface area contributed by atoms with Gasteiger partial charge in [-0.1, -0.05) is 12.1 Å². The highest BCUT2D eigenvalue weighted by atomic mass is 16.5. The van der Waals surface area contributed by atoms with Gasteiger partial charge in [0.2, 0.25) is 11.8 Å². The van der Waals surface area contributed by atoms with E-state index < -0.39 is 5.97 Å². The minimum atomic E-state index is -0.520. The third kappa shape index (κ3) is 6.48. The van der Waals surface area contributed by atoms with Gasteiger partial charge in [0.05, 0.1) is 20.2 Å². The molecular formula is C16H23N3O4. The van der Waals surface area contributed by atoms with Gasteiger partial charge in [0, 0.05) is 5.69 Å². The van der Waals surface area contributed by atoms with Crippen molar-refractivity contribution < 1.29 is 19.1 Å². The number of ether oxygens (including phenoxy) is 1. The van der Waals surface area contributed by atoms with E-state index in [2.05, 4.69) is 15.4 Å². The van der Waals surface area contributed by atoms with Gasteiger partial charge in [0.25, 0.3) is 0 Å². The molecule has 7 nitrogen and oxygen atoms in total. The summed E-state index contributed by atoms with van der Waals surface area (Å²) in [6.07, 6.45) is 0. The molecule has 0 aliphatic rings. The topological polar surface area (TPSA) is 87.7 Å². The molecule has 0 fully saturated rings. The molecule has 2 amide bonds. The Morgan fingerprint density at radius 2 is 1.78 bits per heavy atom. The molecule has 0 bridgehead atoms. The number of rotatable bonds is 7. The van der Waals surface area contributed by atoms with Gasteiger partial charge >= 0.3 is 5.97 Å². The number of hydrogen-bond donors (Lipinski definition) is 2. The average Bonchev–Trinajstić information content (AvgIpc) is 2.49. The van der Waals surface area contributed by atoms with Gasteiger partial charge in [-0.2, -0.15) is 0 Å². The largest absolute Gasteiger partial charge is 0.468 e. The molecule has 0 aliphatic heterocycles. The number of aryl methyl sites for hydroxylation is 1. The molecule has 2 N–H and O–H groups in total. The summed E-state index contributed by atoms with van der Waals surface area (Å²) in [5.41, 5.74) is 2.87. The zero-order chi connectivity index (χ0) is 17.4. The fraction of sp³-hybridized carbons (Fsp3) is 0.438. The molecule has 0 spiro atoms. The summed E-state index contributed by atoms with van der Waals surface area (Å²) < 4.78 is 4.43. The van der Waals surface area contributed by atoms with E-state index in [1.54, 1.807) is 11.9 Å². The summed E-state index contributed by atoms with van der Waals surface area (Å²) in [5.74, 6) is -1.08. The molecule has 7 heteroatoms. The summed E-state index contributed by atoms with van der Waals surface area (Å²) in [5, 5.41) is 5.25. The second-order valence-electron chi connectivity index (χ2n) is 5.32. The Labute approximate surface area is 136 Å². The van der Waals surface area contributed by atoms with Gasteiger partial charge in [-0.3, -0.25) is 19.3 Å². The summed E-state index contributed by atoms with van der Waals surface area (Å²) in [6.45, 7) is 3.81. The fourth-order valence-corrected chi connectivity index (χ4v) is 1.92. The van der Waals surface area contributed by atoms with Crippen LogP contribution in [0, 0.1) is 13.8 Å². The summed E-state index contributed by atoms with van der Waals surface area (Å²) in [7, 11) is 2.90. The minimum Gasteiger partial charge on any atom is -0.468 e. The van der Waals surface area contributed by atoms with Crippen LogP contribution in [-0.4, -0.2) is 56.5 Å². The number of esters is 1. The van der Waals surface area contributed by atoms with E-state index in [9.17, 15) is 14.4 Å². The fourth-order valence-electron chi connectivity index (χ4n) is 1.92. The first-order valence-electron chi connectivity index (χ1n) is 7.21. The highest BCUT2D eigenvalue weighted by molar-refractivity contribution is 5.93. The zero-order valence-corrected chi connectivity index (χ0v) is 13.9. The molecule has 0 saturated heterocycles. The number of hydrogen-bond acceptors (Lipinski definition) is 5. The normalized spacial score (nSPS) is 10.3. The van der Waals surface area contributed by atoms with Crippen LogP contribution in [0.5, 0.6) is 0 Å². The van der Waals surface area contributed by atoms with Gasteiger partial charge in [-0.15, -0.1) is 0 Å². The minimum absolute atomic E-state index is 0.0111. The number of amides is 2. The third-order valence-electron chi connectivity index (χ3n) is 3.36. The Morgan fingerprint density at radius 3 is 2.43 bits per heavy atom. The first-order chi connectivity index (χ1) is 10.8. The molecule has 126 valence electrons. The molecule has 0 unspecified atom stereocenters. The first-order valence-corrected chi connectivity index (χ1v) is 7.21. The second-order valence-corrected chi connectivity index (χ2v) is 5.32. The van der Waals surface area contributed by atoms with E-state index in [1.807, 2.05) is 32.0 Å². The molecule has 0 saturated carbocycles. The Hall–Kier alpha value is -2.41. The number of anilines is 1. The number of methoxy groups -OCH3 is 1. The predicted octanol–water partition coefficient (Wildman–Crippen LogP) is 0.463. The van der Waals surface area contributed by atoms with Gasteiger partial charge in [0.1, 0.15) is 6.54 Å². The SMILES string of the molecule is COC(=O)CNC(=O)CN(C)CC(=O)Nc1cccc(C)c1C. The van der Waals surface area contributed by atoms with Crippen LogP contribution in [0.3, 0.4) is 0 Å². The van der Waals surface area contributed by atoms with Gasteiger partial charge in [-0.25, -0.2) is 0 Å². The van der Waals surface area contributed by atoms with Crippen LogP contribution in [0.2, 0.25) is 0 Å². The maximum Gasteiger partial charge on any atom is 0.325 e. The highest BCUT2D eigenvalue weighted by Crippen LogP contribution is 2.17. The van der Waals surface area contributed by atoms with Crippen LogP contribution in [0.4, 0.5) is 5.69 Å². The van der Waals surface area contributed by atoms with Gasteiger partial charge in [-0.05, 0) is 38.1 Å². The quantitative estimate of drug-likeness (QED) is 0.713. The summed E-state index contributed by atoms with van der Waals surface area (Å²) in [4.78, 5) is 36.1. The smallest absolute Gasteiger partial charge is 0.325 e. The van der Waals surface area contributed by atoms with Crippen molar-refractivity contribution in [3.63, 3.8) is 0 Å². The first kappa shape index (κ1) is 18.6. The van der Waals surface area contributed by atoms with E-state index in [4.69, 9.17) is 0 Å². The van der Waals surface area contributed by atoms with Crippen molar-refractivity contribution in [1.29, 1.82) is 0 Å². The van der Waals surface area contributed by atoms with Crippen LogP contribution < -0.4 is 10.6 Å². The van der Waals surface area contributed by atoms with Crippen LogP contribution in [0.15, 0.2) is 18.2 Å². The Bertz CT molecular complexity index is 587. The van der Waals surface area contributed by atoms with E-state index in [-0.39, 0.29) is 31.4 Å². The molecule has 0 radical (unpaired) electrons. The zero-order valence-electron chi connectivity index (χ0n) is 13.9. The van der Waals surface area contributed by atoms with Crippen molar-refractivity contribution in [3.05, 3.63) is 29.3 Å². The monoisotopic (exact) mass is 321 g/mol. The van der Waals surface area contributed by atoms with Crippen molar-refractivity contribution in [1.82, 2.24) is 10.2 Å². The van der Waals surface area contributed by atoms with Crippen molar-refractivity contribution in [2.45, 2.75) is 13.8 Å². The molecule has 1 rings (SSSR count). The lowest BCUT2D eigenvalue weighted by molar-refractivity contribution is -0.141. The van der Waals surface area contributed by atoms with Crippen LogP contribution >= 0.6 is 0 Å². The van der Waals surface area contributed by atoms with E-state index >= 15 is 0 Å². The van der Waals surface area contributed by atoms with Crippen molar-refractivity contribution in [3.8, 4) is 0 Å². The van der Waals surface area contributed by atoms with E-state index in [0.717, 1.165) is 16.8 Å². The average molecular weight is 321 g/mol. The summed E-state index contributed by atoms with van der Waals surface area (Å²) in [6, 6.07) is 5.69.